The number of nitrogens with zero attached hydrogens (tertiary/aromatic N) is 2. The van der Waals surface area contributed by atoms with Crippen LogP contribution in [0.1, 0.15) is 34.7 Å². The summed E-state index contributed by atoms with van der Waals surface area (Å²) in [6.07, 6.45) is 0.495. The van der Waals surface area contributed by atoms with Crippen LogP contribution in [0.3, 0.4) is 0 Å². The smallest absolute Gasteiger partial charge is 0.214 e. The monoisotopic (exact) mass is 470 g/mol. The van der Waals surface area contributed by atoms with Gasteiger partial charge in [-0.25, -0.2) is 5.01 Å². The van der Waals surface area contributed by atoms with Crippen LogP contribution in [0.4, 0.5) is 0 Å². The van der Waals surface area contributed by atoms with E-state index < -0.39 is 0 Å². The van der Waals surface area contributed by atoms with Crippen LogP contribution in [0.25, 0.3) is 0 Å². The summed E-state index contributed by atoms with van der Waals surface area (Å²) in [5.74, 6) is 2.21. The summed E-state index contributed by atoms with van der Waals surface area (Å²) >= 11 is 5.32. The van der Waals surface area contributed by atoms with Crippen LogP contribution < -0.4 is 14.2 Å². The first-order valence-electron chi connectivity index (χ1n) is 9.26. The van der Waals surface area contributed by atoms with E-state index in [-0.39, 0.29) is 12.3 Å². The first-order valence-corrected chi connectivity index (χ1v) is 10.9. The molecule has 0 unspecified atom stereocenters. The number of para-hydroxylation sites is 1. The minimum Gasteiger partial charge on any atom is -0.493 e. The van der Waals surface area contributed by atoms with E-state index in [0.717, 1.165) is 27.9 Å². The fourth-order valence-electron chi connectivity index (χ4n) is 3.93. The highest BCUT2D eigenvalue weighted by Crippen LogP contribution is 2.49. The lowest BCUT2D eigenvalue weighted by Crippen LogP contribution is -2.33. The highest BCUT2D eigenvalue weighted by atomic mass is 79.9. The van der Waals surface area contributed by atoms with Gasteiger partial charge in [-0.2, -0.15) is 5.10 Å². The molecule has 2 atom stereocenters. The Morgan fingerprint density at radius 3 is 2.76 bits per heavy atom. The van der Waals surface area contributed by atoms with Gasteiger partial charge in [0.1, 0.15) is 5.75 Å². The van der Waals surface area contributed by atoms with Gasteiger partial charge in [0.25, 0.3) is 0 Å². The van der Waals surface area contributed by atoms with E-state index in [4.69, 9.17) is 19.3 Å². The van der Waals surface area contributed by atoms with Crippen molar-refractivity contribution in [3.63, 3.8) is 0 Å². The predicted octanol–water partition coefficient (Wildman–Crippen LogP) is 5.77. The Hall–Kier alpha value is -2.51. The lowest BCUT2D eigenvalue weighted by atomic mass is 9.97. The molecular formula is C22H19BrN2O3S. The molecule has 3 aromatic rings. The highest BCUT2D eigenvalue weighted by molar-refractivity contribution is 9.10. The first kappa shape index (κ1) is 18.5. The standard InChI is InChI=1S/C22H19BrN2O3S/c1-26-19-11-13(10-15(23)21(19)27-2)22-25-17(14-6-3-4-7-18(14)28-22)12-16(24-25)20-8-5-9-29-20/h3-11,17,22H,12H2,1-2H3/t17-,22-/m1/s1. The topological polar surface area (TPSA) is 43.3 Å². The maximum absolute atomic E-state index is 6.43. The number of fused-ring (bicyclic) bond motifs is 3. The van der Waals surface area contributed by atoms with Crippen molar-refractivity contribution in [3.05, 3.63) is 74.4 Å². The number of rotatable bonds is 4. The van der Waals surface area contributed by atoms with E-state index >= 15 is 0 Å². The Balaban J connectivity index is 1.62. The molecule has 29 heavy (non-hydrogen) atoms. The second-order valence-corrected chi connectivity index (χ2v) is 8.67. The summed E-state index contributed by atoms with van der Waals surface area (Å²) < 4.78 is 18.3. The van der Waals surface area contributed by atoms with Gasteiger partial charge in [-0.15, -0.1) is 11.3 Å². The number of benzene rings is 2. The third kappa shape index (κ3) is 3.09. The zero-order valence-corrected chi connectivity index (χ0v) is 18.4. The van der Waals surface area contributed by atoms with Crippen LogP contribution in [-0.4, -0.2) is 24.9 Å². The molecule has 0 fully saturated rings. The van der Waals surface area contributed by atoms with Crippen LogP contribution in [0, 0.1) is 0 Å². The SMILES string of the molecule is COc1cc([C@H]2Oc3ccccc3[C@H]3CC(c4cccs4)=NN32)cc(Br)c1OC. The lowest BCUT2D eigenvalue weighted by molar-refractivity contribution is -0.0192. The van der Waals surface area contributed by atoms with Crippen LogP contribution in [0.15, 0.2) is 63.5 Å². The average molecular weight is 471 g/mol. The van der Waals surface area contributed by atoms with E-state index in [1.54, 1.807) is 25.6 Å². The molecule has 2 aromatic carbocycles. The lowest BCUT2D eigenvalue weighted by Gasteiger charge is -2.38. The largest absolute Gasteiger partial charge is 0.493 e. The third-order valence-electron chi connectivity index (χ3n) is 5.25. The maximum atomic E-state index is 6.43. The zero-order valence-electron chi connectivity index (χ0n) is 16.0. The van der Waals surface area contributed by atoms with Crippen molar-refractivity contribution in [2.75, 3.05) is 14.2 Å². The van der Waals surface area contributed by atoms with Crippen LogP contribution in [0.2, 0.25) is 0 Å². The molecule has 5 rings (SSSR count). The van der Waals surface area contributed by atoms with Crippen LogP contribution >= 0.6 is 27.3 Å². The van der Waals surface area contributed by atoms with Crippen molar-refractivity contribution in [3.8, 4) is 17.2 Å². The molecule has 3 heterocycles. The Labute approximate surface area is 181 Å². The summed E-state index contributed by atoms with van der Waals surface area (Å²) in [5, 5.41) is 9.15. The van der Waals surface area contributed by atoms with E-state index in [1.165, 1.54) is 10.4 Å². The summed E-state index contributed by atoms with van der Waals surface area (Å²) in [5.41, 5.74) is 3.21. The van der Waals surface area contributed by atoms with Gasteiger partial charge in [-0.05, 0) is 45.6 Å². The molecule has 148 valence electrons. The van der Waals surface area contributed by atoms with Crippen molar-refractivity contribution >= 4 is 33.0 Å². The second kappa shape index (κ2) is 7.39. The minimum absolute atomic E-state index is 0.133. The van der Waals surface area contributed by atoms with E-state index in [0.29, 0.717) is 11.5 Å². The van der Waals surface area contributed by atoms with Gasteiger partial charge in [0.05, 0.1) is 35.3 Å². The number of ether oxygens (including phenoxy) is 3. The Morgan fingerprint density at radius 1 is 1.14 bits per heavy atom. The number of hydrazone groups is 1. The highest BCUT2D eigenvalue weighted by Gasteiger charge is 2.41. The van der Waals surface area contributed by atoms with Crippen molar-refractivity contribution in [1.29, 1.82) is 0 Å². The average Bonchev–Trinajstić information content (AvgIpc) is 3.42. The molecule has 0 spiro atoms. The zero-order chi connectivity index (χ0) is 20.0. The van der Waals surface area contributed by atoms with Gasteiger partial charge < -0.3 is 14.2 Å². The fourth-order valence-corrected chi connectivity index (χ4v) is 5.27. The van der Waals surface area contributed by atoms with Gasteiger partial charge >= 0.3 is 0 Å². The minimum atomic E-state index is -0.358. The summed E-state index contributed by atoms with van der Waals surface area (Å²) in [7, 11) is 3.26. The molecule has 1 aromatic heterocycles. The van der Waals surface area contributed by atoms with Gasteiger partial charge in [0.15, 0.2) is 11.5 Å². The summed E-state index contributed by atoms with van der Waals surface area (Å²) in [6, 6.07) is 16.5. The van der Waals surface area contributed by atoms with Gasteiger partial charge in [0, 0.05) is 17.5 Å². The second-order valence-electron chi connectivity index (χ2n) is 6.87. The molecule has 0 bridgehead atoms. The molecule has 0 saturated carbocycles. The molecule has 2 aliphatic rings. The van der Waals surface area contributed by atoms with Crippen LogP contribution in [0.5, 0.6) is 17.2 Å². The van der Waals surface area contributed by atoms with E-state index in [1.807, 2.05) is 24.3 Å². The first-order chi connectivity index (χ1) is 14.2. The molecule has 0 amide bonds. The third-order valence-corrected chi connectivity index (χ3v) is 6.75. The number of halogens is 1. The quantitative estimate of drug-likeness (QED) is 0.485. The summed E-state index contributed by atoms with van der Waals surface area (Å²) in [4.78, 5) is 1.20. The Morgan fingerprint density at radius 2 is 2.00 bits per heavy atom. The van der Waals surface area contributed by atoms with Gasteiger partial charge in [0.2, 0.25) is 6.23 Å². The predicted molar refractivity (Wildman–Crippen MR) is 117 cm³/mol. The van der Waals surface area contributed by atoms with Crippen LogP contribution in [-0.2, 0) is 0 Å². The molecule has 0 saturated heterocycles. The molecule has 7 heteroatoms. The molecular weight excluding hydrogens is 452 g/mol. The number of hydrogen-bond acceptors (Lipinski definition) is 6. The van der Waals surface area contributed by atoms with Gasteiger partial charge in [-0.1, -0.05) is 24.3 Å². The van der Waals surface area contributed by atoms with Crippen molar-refractivity contribution in [2.45, 2.75) is 18.7 Å². The molecule has 0 aliphatic carbocycles. The van der Waals surface area contributed by atoms with Crippen molar-refractivity contribution in [2.24, 2.45) is 5.10 Å². The molecule has 2 aliphatic heterocycles. The molecule has 0 radical (unpaired) electrons. The fraction of sp³-hybridized carbons (Fsp3) is 0.227. The summed E-state index contributed by atoms with van der Waals surface area (Å²) in [6.45, 7) is 0. The Bertz CT molecular complexity index is 1080. The molecule has 5 nitrogen and oxygen atoms in total. The normalized spacial score (nSPS) is 19.8. The van der Waals surface area contributed by atoms with Crippen molar-refractivity contribution < 1.29 is 14.2 Å². The number of thiophene rings is 1. The Kier molecular flexibility index (Phi) is 4.72. The van der Waals surface area contributed by atoms with E-state index in [2.05, 4.69) is 50.6 Å². The number of methoxy groups -OCH3 is 2. The number of hydrogen-bond donors (Lipinski definition) is 0. The molecule has 0 N–H and O–H groups in total. The van der Waals surface area contributed by atoms with Gasteiger partial charge in [-0.3, -0.25) is 0 Å². The maximum Gasteiger partial charge on any atom is 0.214 e. The van der Waals surface area contributed by atoms with Crippen molar-refractivity contribution in [1.82, 2.24) is 5.01 Å². The van der Waals surface area contributed by atoms with E-state index in [9.17, 15) is 0 Å².